The fourth-order valence-electron chi connectivity index (χ4n) is 7.43. The molecule has 7 rings (SSSR count). The fraction of sp³-hybridized carbons (Fsp3) is 0.500. The van der Waals surface area contributed by atoms with Gasteiger partial charge >= 0.3 is 0 Å². The lowest BCUT2D eigenvalue weighted by molar-refractivity contribution is -0.136. The maximum absolute atomic E-state index is 13.3. The number of benzene rings is 1. The summed E-state index contributed by atoms with van der Waals surface area (Å²) >= 11 is 0. The van der Waals surface area contributed by atoms with E-state index in [0.717, 1.165) is 75.1 Å². The van der Waals surface area contributed by atoms with Gasteiger partial charge in [-0.1, -0.05) is 0 Å². The van der Waals surface area contributed by atoms with Crippen molar-refractivity contribution in [1.29, 1.82) is 0 Å². The zero-order chi connectivity index (χ0) is 29.8. The Bertz CT molecular complexity index is 1490. The summed E-state index contributed by atoms with van der Waals surface area (Å²) < 4.78 is 0. The Morgan fingerprint density at radius 3 is 2.26 bits per heavy atom. The Kier molecular flexibility index (Phi) is 6.83. The van der Waals surface area contributed by atoms with Crippen LogP contribution in [-0.4, -0.2) is 101 Å². The highest BCUT2D eigenvalue weighted by Crippen LogP contribution is 2.37. The van der Waals surface area contributed by atoms with Crippen molar-refractivity contribution in [3.63, 3.8) is 0 Å². The maximum Gasteiger partial charge on any atom is 0.268 e. The van der Waals surface area contributed by atoms with Crippen LogP contribution in [-0.2, 0) is 9.59 Å². The van der Waals surface area contributed by atoms with Crippen LogP contribution in [0.25, 0.3) is 0 Å². The monoisotopic (exact) mass is 586 g/mol. The molecule has 4 fully saturated rings. The van der Waals surface area contributed by atoms with Gasteiger partial charge in [0.1, 0.15) is 17.6 Å². The number of rotatable bonds is 6. The number of carbonyl (C=O) groups is 5. The molecule has 13 nitrogen and oxygen atoms in total. The number of hydrogen-bond acceptors (Lipinski definition) is 10. The molecule has 5 aliphatic rings. The highest BCUT2D eigenvalue weighted by molar-refractivity contribution is 6.23. The summed E-state index contributed by atoms with van der Waals surface area (Å²) in [4.78, 5) is 78.1. The normalized spacial score (nSPS) is 26.2. The molecule has 1 aromatic carbocycles. The number of amides is 5. The third-order valence-corrected chi connectivity index (χ3v) is 9.70. The van der Waals surface area contributed by atoms with Crippen LogP contribution >= 0.6 is 0 Å². The number of primary amides is 1. The predicted molar refractivity (Wildman–Crippen MR) is 154 cm³/mol. The van der Waals surface area contributed by atoms with Crippen molar-refractivity contribution in [2.45, 2.75) is 31.7 Å². The molecule has 13 heteroatoms. The number of hydrogen-bond donors (Lipinski definition) is 2. The van der Waals surface area contributed by atoms with Crippen molar-refractivity contribution in [1.82, 2.24) is 25.1 Å². The van der Waals surface area contributed by atoms with E-state index in [1.54, 1.807) is 18.3 Å². The van der Waals surface area contributed by atoms with Crippen molar-refractivity contribution in [2.24, 2.45) is 23.5 Å². The average molecular weight is 587 g/mol. The number of piperidine rings is 2. The molecule has 6 heterocycles. The summed E-state index contributed by atoms with van der Waals surface area (Å²) in [7, 11) is 0. The van der Waals surface area contributed by atoms with Crippen LogP contribution in [0.1, 0.15) is 56.9 Å². The molecule has 0 bridgehead atoms. The zero-order valence-corrected chi connectivity index (χ0v) is 23.8. The SMILES string of the molecule is NC(=O)c1cnc(N2CCC(CN3CC4CN(c5ccc6c(c5)C(=O)N(C5CCC(=O)NC5=O)C6=O)CC4C3)CC2)cn1. The summed E-state index contributed by atoms with van der Waals surface area (Å²) in [5.41, 5.74) is 7.00. The molecule has 3 N–H and O–H groups in total. The van der Waals surface area contributed by atoms with Gasteiger partial charge in [0, 0.05) is 57.9 Å². The van der Waals surface area contributed by atoms with Crippen LogP contribution in [0.15, 0.2) is 30.6 Å². The predicted octanol–water partition coefficient (Wildman–Crippen LogP) is 0.261. The lowest BCUT2D eigenvalue weighted by Gasteiger charge is -2.34. The van der Waals surface area contributed by atoms with Gasteiger partial charge in [0.05, 0.1) is 23.5 Å². The topological polar surface area (TPSA) is 162 Å². The van der Waals surface area contributed by atoms with Crippen LogP contribution in [0.5, 0.6) is 0 Å². The van der Waals surface area contributed by atoms with Gasteiger partial charge in [-0.15, -0.1) is 0 Å². The molecule has 0 spiro atoms. The van der Waals surface area contributed by atoms with E-state index < -0.39 is 29.7 Å². The third-order valence-electron chi connectivity index (χ3n) is 9.70. The number of anilines is 2. The van der Waals surface area contributed by atoms with E-state index in [4.69, 9.17) is 5.73 Å². The summed E-state index contributed by atoms with van der Waals surface area (Å²) in [6.45, 7) is 6.79. The first-order chi connectivity index (χ1) is 20.7. The molecule has 3 atom stereocenters. The highest BCUT2D eigenvalue weighted by atomic mass is 16.2. The molecular weight excluding hydrogens is 552 g/mol. The molecule has 1 aromatic heterocycles. The quantitative estimate of drug-likeness (QED) is 0.449. The lowest BCUT2D eigenvalue weighted by atomic mass is 9.96. The van der Waals surface area contributed by atoms with Crippen molar-refractivity contribution >= 4 is 41.0 Å². The van der Waals surface area contributed by atoms with Gasteiger partial charge in [-0.25, -0.2) is 9.97 Å². The van der Waals surface area contributed by atoms with Gasteiger partial charge in [0.15, 0.2) is 0 Å². The van der Waals surface area contributed by atoms with Crippen LogP contribution in [0.3, 0.4) is 0 Å². The van der Waals surface area contributed by atoms with Crippen molar-refractivity contribution in [3.8, 4) is 0 Å². The number of likely N-dealkylation sites (tertiary alicyclic amines) is 1. The average Bonchev–Trinajstić information content (AvgIpc) is 3.64. The molecule has 0 saturated carbocycles. The minimum Gasteiger partial charge on any atom is -0.371 e. The van der Waals surface area contributed by atoms with Gasteiger partial charge in [0.25, 0.3) is 17.7 Å². The first kappa shape index (κ1) is 27.4. The lowest BCUT2D eigenvalue weighted by Crippen LogP contribution is -2.54. The number of nitrogens with one attached hydrogen (secondary N) is 1. The fourth-order valence-corrected chi connectivity index (χ4v) is 7.43. The van der Waals surface area contributed by atoms with E-state index >= 15 is 0 Å². The maximum atomic E-state index is 13.3. The van der Waals surface area contributed by atoms with Gasteiger partial charge in [0.2, 0.25) is 11.8 Å². The van der Waals surface area contributed by atoms with E-state index in [1.807, 2.05) is 6.07 Å². The Labute approximate surface area is 248 Å². The molecule has 43 heavy (non-hydrogen) atoms. The van der Waals surface area contributed by atoms with Crippen LogP contribution in [0.4, 0.5) is 11.5 Å². The van der Waals surface area contributed by atoms with E-state index in [0.29, 0.717) is 28.9 Å². The molecular formula is C30H34N8O5. The minimum absolute atomic E-state index is 0.102. The standard InChI is InChI=1S/C30H34N8O5/c31-27(40)23-10-33-25(11-32-23)36-7-5-17(6-8-36)12-35-13-18-15-37(16-19(18)14-35)20-1-2-21-22(9-20)30(43)38(29(21)42)24-3-4-26(39)34-28(24)41/h1-2,9-11,17-19,24H,3-8,12-16H2,(H2,31,40)(H,34,39,41). The second-order valence-corrected chi connectivity index (χ2v) is 12.4. The first-order valence-electron chi connectivity index (χ1n) is 14.9. The zero-order valence-electron chi connectivity index (χ0n) is 23.8. The number of fused-ring (bicyclic) bond motifs is 2. The number of imide groups is 2. The van der Waals surface area contributed by atoms with Crippen molar-refractivity contribution in [2.75, 3.05) is 55.6 Å². The van der Waals surface area contributed by atoms with Gasteiger partial charge < -0.3 is 20.4 Å². The number of aromatic nitrogens is 2. The summed E-state index contributed by atoms with van der Waals surface area (Å²) in [5, 5.41) is 2.24. The molecule has 0 radical (unpaired) electrons. The summed E-state index contributed by atoms with van der Waals surface area (Å²) in [6.07, 6.45) is 5.47. The number of carbonyl (C=O) groups excluding carboxylic acids is 5. The Balaban J connectivity index is 0.922. The summed E-state index contributed by atoms with van der Waals surface area (Å²) in [5.74, 6) is -0.0129. The summed E-state index contributed by atoms with van der Waals surface area (Å²) in [6, 6.07) is 4.43. The Hall–Kier alpha value is -4.39. The molecule has 224 valence electrons. The van der Waals surface area contributed by atoms with E-state index in [9.17, 15) is 24.0 Å². The van der Waals surface area contributed by atoms with Crippen LogP contribution < -0.4 is 20.9 Å². The third kappa shape index (κ3) is 5.01. The Morgan fingerprint density at radius 2 is 1.60 bits per heavy atom. The van der Waals surface area contributed by atoms with E-state index in [2.05, 4.69) is 30.0 Å². The smallest absolute Gasteiger partial charge is 0.268 e. The molecule has 4 saturated heterocycles. The van der Waals surface area contributed by atoms with Crippen LogP contribution in [0.2, 0.25) is 0 Å². The van der Waals surface area contributed by atoms with Crippen molar-refractivity contribution < 1.29 is 24.0 Å². The molecule has 5 amide bonds. The van der Waals surface area contributed by atoms with Gasteiger partial charge in [-0.05, 0) is 55.2 Å². The first-order valence-corrected chi connectivity index (χ1v) is 14.9. The minimum atomic E-state index is -0.957. The van der Waals surface area contributed by atoms with Gasteiger partial charge in [-0.2, -0.15) is 0 Å². The highest BCUT2D eigenvalue weighted by Gasteiger charge is 2.46. The van der Waals surface area contributed by atoms with E-state index in [1.165, 1.54) is 6.20 Å². The second-order valence-electron chi connectivity index (χ2n) is 12.4. The van der Waals surface area contributed by atoms with Gasteiger partial charge in [-0.3, -0.25) is 34.2 Å². The molecule has 5 aliphatic heterocycles. The molecule has 2 aromatic rings. The number of nitrogens with two attached hydrogens (primary N) is 1. The number of nitrogens with zero attached hydrogens (tertiary/aromatic N) is 6. The van der Waals surface area contributed by atoms with Crippen LogP contribution in [0, 0.1) is 17.8 Å². The molecule has 0 aliphatic carbocycles. The van der Waals surface area contributed by atoms with Crippen molar-refractivity contribution in [3.05, 3.63) is 47.4 Å². The largest absolute Gasteiger partial charge is 0.371 e. The Morgan fingerprint density at radius 1 is 0.884 bits per heavy atom. The second kappa shape index (κ2) is 10.7. The van der Waals surface area contributed by atoms with E-state index in [-0.39, 0.29) is 24.4 Å². The molecule has 3 unspecified atom stereocenters.